The number of carbonyl (C=O) groups excluding carboxylic acids is 1. The lowest BCUT2D eigenvalue weighted by molar-refractivity contribution is -0.144. The fourth-order valence-corrected chi connectivity index (χ4v) is 2.86. The van der Waals surface area contributed by atoms with Gasteiger partial charge in [-0.3, -0.25) is 4.79 Å². The Hall–Kier alpha value is -0.830. The van der Waals surface area contributed by atoms with Crippen molar-refractivity contribution in [2.45, 2.75) is 33.3 Å². The first kappa shape index (κ1) is 8.75. The molecule has 1 aromatic rings. The molecule has 0 saturated carbocycles. The van der Waals surface area contributed by atoms with Crippen molar-refractivity contribution in [3.05, 3.63) is 20.9 Å². The molecule has 3 heteroatoms. The summed E-state index contributed by atoms with van der Waals surface area (Å²) in [6.45, 7) is 4.69. The van der Waals surface area contributed by atoms with Crippen LogP contribution in [-0.4, -0.2) is 5.97 Å². The van der Waals surface area contributed by atoms with Crippen molar-refractivity contribution in [3.63, 3.8) is 0 Å². The lowest BCUT2D eigenvalue weighted by Gasteiger charge is -1.99. The Bertz CT molecular complexity index is 322. The molecule has 0 radical (unpaired) electrons. The van der Waals surface area contributed by atoms with Crippen LogP contribution in [0.4, 0.5) is 0 Å². The van der Waals surface area contributed by atoms with Crippen LogP contribution in [0, 0.1) is 13.8 Å². The number of thiophene rings is 1. The normalized spacial score (nSPS) is 16.3. The number of cyclic esters (lactones) is 1. The molecule has 70 valence electrons. The van der Waals surface area contributed by atoms with Crippen molar-refractivity contribution in [1.29, 1.82) is 0 Å². The summed E-state index contributed by atoms with van der Waals surface area (Å²) in [5.74, 6) is -0.0694. The molecule has 0 bridgehead atoms. The molecule has 0 unspecified atom stereocenters. The lowest BCUT2D eigenvalue weighted by Crippen LogP contribution is -2.00. The van der Waals surface area contributed by atoms with E-state index >= 15 is 0 Å². The van der Waals surface area contributed by atoms with Crippen molar-refractivity contribution < 1.29 is 9.53 Å². The van der Waals surface area contributed by atoms with Crippen LogP contribution < -0.4 is 0 Å². The standard InChI is InChI=1S/C10H12O2S/c1-6-8-3-4-10(11)12-5-9(8)7(2)13-6/h3-5H2,1-2H3. The Kier molecular flexibility index (Phi) is 2.12. The van der Waals surface area contributed by atoms with Gasteiger partial charge in [0.25, 0.3) is 0 Å². The van der Waals surface area contributed by atoms with Gasteiger partial charge >= 0.3 is 5.97 Å². The van der Waals surface area contributed by atoms with E-state index < -0.39 is 0 Å². The number of ether oxygens (including phenoxy) is 1. The molecule has 0 spiro atoms. The Balaban J connectivity index is 2.42. The molecule has 0 atom stereocenters. The second kappa shape index (κ2) is 3.14. The zero-order valence-corrected chi connectivity index (χ0v) is 8.66. The molecular formula is C10H12O2S. The average Bonchev–Trinajstić information content (AvgIpc) is 2.27. The summed E-state index contributed by atoms with van der Waals surface area (Å²) in [5.41, 5.74) is 2.58. The summed E-state index contributed by atoms with van der Waals surface area (Å²) >= 11 is 1.80. The van der Waals surface area contributed by atoms with E-state index in [2.05, 4.69) is 13.8 Å². The third kappa shape index (κ3) is 1.48. The molecule has 1 aliphatic rings. The quantitative estimate of drug-likeness (QED) is 0.595. The first-order chi connectivity index (χ1) is 6.18. The summed E-state index contributed by atoms with van der Waals surface area (Å²) in [4.78, 5) is 13.7. The fourth-order valence-electron chi connectivity index (χ4n) is 1.75. The number of hydrogen-bond donors (Lipinski definition) is 0. The van der Waals surface area contributed by atoms with E-state index in [1.807, 2.05) is 0 Å². The molecule has 0 aliphatic carbocycles. The van der Waals surface area contributed by atoms with Crippen LogP contribution in [0.25, 0.3) is 0 Å². The van der Waals surface area contributed by atoms with Crippen molar-refractivity contribution >= 4 is 17.3 Å². The first-order valence-electron chi connectivity index (χ1n) is 4.42. The number of hydrogen-bond acceptors (Lipinski definition) is 3. The van der Waals surface area contributed by atoms with Gasteiger partial charge in [0.1, 0.15) is 6.61 Å². The molecule has 2 rings (SSSR count). The van der Waals surface area contributed by atoms with E-state index in [1.54, 1.807) is 11.3 Å². The van der Waals surface area contributed by atoms with Crippen LogP contribution in [0.1, 0.15) is 27.3 Å². The summed E-state index contributed by atoms with van der Waals surface area (Å²) < 4.78 is 5.09. The minimum absolute atomic E-state index is 0.0694. The zero-order valence-electron chi connectivity index (χ0n) is 7.85. The largest absolute Gasteiger partial charge is 0.461 e. The first-order valence-corrected chi connectivity index (χ1v) is 5.23. The van der Waals surface area contributed by atoms with Crippen LogP contribution in [-0.2, 0) is 22.6 Å². The van der Waals surface area contributed by atoms with Crippen LogP contribution in [0.15, 0.2) is 0 Å². The van der Waals surface area contributed by atoms with E-state index in [0.717, 1.165) is 6.42 Å². The third-order valence-electron chi connectivity index (χ3n) is 2.48. The Morgan fingerprint density at radius 1 is 1.15 bits per heavy atom. The van der Waals surface area contributed by atoms with Crippen molar-refractivity contribution in [1.82, 2.24) is 0 Å². The fraction of sp³-hybridized carbons (Fsp3) is 0.500. The van der Waals surface area contributed by atoms with Gasteiger partial charge in [-0.25, -0.2) is 0 Å². The molecule has 13 heavy (non-hydrogen) atoms. The highest BCUT2D eigenvalue weighted by Crippen LogP contribution is 2.30. The molecular weight excluding hydrogens is 184 g/mol. The Labute approximate surface area is 81.5 Å². The van der Waals surface area contributed by atoms with Crippen molar-refractivity contribution in [2.24, 2.45) is 0 Å². The van der Waals surface area contributed by atoms with Gasteiger partial charge in [0.15, 0.2) is 0 Å². The summed E-state index contributed by atoms with van der Waals surface area (Å²) in [6, 6.07) is 0. The molecule has 0 saturated heterocycles. The minimum atomic E-state index is -0.0694. The maximum Gasteiger partial charge on any atom is 0.306 e. The monoisotopic (exact) mass is 196 g/mol. The van der Waals surface area contributed by atoms with Crippen molar-refractivity contribution in [2.75, 3.05) is 0 Å². The minimum Gasteiger partial charge on any atom is -0.461 e. The predicted octanol–water partition coefficient (Wildman–Crippen LogP) is 2.35. The molecule has 0 fully saturated rings. The van der Waals surface area contributed by atoms with Crippen LogP contribution in [0.5, 0.6) is 0 Å². The van der Waals surface area contributed by atoms with E-state index in [-0.39, 0.29) is 5.97 Å². The van der Waals surface area contributed by atoms with E-state index in [9.17, 15) is 4.79 Å². The van der Waals surface area contributed by atoms with Gasteiger partial charge in [-0.05, 0) is 25.8 Å². The van der Waals surface area contributed by atoms with Crippen LogP contribution in [0.3, 0.4) is 0 Å². The van der Waals surface area contributed by atoms with Gasteiger partial charge in [-0.1, -0.05) is 0 Å². The maximum atomic E-state index is 11.1. The number of rotatable bonds is 0. The van der Waals surface area contributed by atoms with Gasteiger partial charge in [0.2, 0.25) is 0 Å². The molecule has 2 nitrogen and oxygen atoms in total. The van der Waals surface area contributed by atoms with Gasteiger partial charge in [0, 0.05) is 21.7 Å². The molecule has 0 N–H and O–H groups in total. The third-order valence-corrected chi connectivity index (χ3v) is 3.58. The number of fused-ring (bicyclic) bond motifs is 1. The van der Waals surface area contributed by atoms with E-state index in [4.69, 9.17) is 4.74 Å². The highest BCUT2D eigenvalue weighted by Gasteiger charge is 2.19. The molecule has 0 amide bonds. The van der Waals surface area contributed by atoms with Crippen molar-refractivity contribution in [3.8, 4) is 0 Å². The Morgan fingerprint density at radius 2 is 1.85 bits per heavy atom. The highest BCUT2D eigenvalue weighted by atomic mass is 32.1. The van der Waals surface area contributed by atoms with Gasteiger partial charge in [0.05, 0.1) is 0 Å². The summed E-state index contributed by atoms with van der Waals surface area (Å²) in [5, 5.41) is 0. The molecule has 1 aromatic heterocycles. The Morgan fingerprint density at radius 3 is 2.62 bits per heavy atom. The molecule has 1 aliphatic heterocycles. The number of carbonyl (C=O) groups is 1. The van der Waals surface area contributed by atoms with Gasteiger partial charge in [-0.15, -0.1) is 11.3 Å². The van der Waals surface area contributed by atoms with Gasteiger partial charge in [-0.2, -0.15) is 0 Å². The zero-order chi connectivity index (χ0) is 9.42. The highest BCUT2D eigenvalue weighted by molar-refractivity contribution is 7.12. The second-order valence-electron chi connectivity index (χ2n) is 3.33. The van der Waals surface area contributed by atoms with Gasteiger partial charge < -0.3 is 4.74 Å². The smallest absolute Gasteiger partial charge is 0.306 e. The van der Waals surface area contributed by atoms with Crippen LogP contribution in [0.2, 0.25) is 0 Å². The lowest BCUT2D eigenvalue weighted by atomic mass is 10.1. The van der Waals surface area contributed by atoms with E-state index in [1.165, 1.54) is 20.9 Å². The number of aryl methyl sites for hydroxylation is 2. The van der Waals surface area contributed by atoms with Crippen LogP contribution >= 0.6 is 11.3 Å². The summed E-state index contributed by atoms with van der Waals surface area (Å²) in [6.07, 6.45) is 1.38. The second-order valence-corrected chi connectivity index (χ2v) is 4.76. The molecule has 0 aromatic carbocycles. The maximum absolute atomic E-state index is 11.1. The number of esters is 1. The average molecular weight is 196 g/mol. The topological polar surface area (TPSA) is 26.3 Å². The molecule has 2 heterocycles. The van der Waals surface area contributed by atoms with E-state index in [0.29, 0.717) is 13.0 Å². The summed E-state index contributed by atoms with van der Waals surface area (Å²) in [7, 11) is 0. The SMILES string of the molecule is Cc1sc(C)c2c1CCC(=O)OC2. The predicted molar refractivity (Wildman–Crippen MR) is 51.9 cm³/mol.